The highest BCUT2D eigenvalue weighted by Crippen LogP contribution is 2.28. The molecule has 0 spiro atoms. The predicted molar refractivity (Wildman–Crippen MR) is 104 cm³/mol. The van der Waals surface area contributed by atoms with E-state index in [0.717, 1.165) is 30.5 Å². The third kappa shape index (κ3) is 5.79. The molecule has 0 unspecified atom stereocenters. The van der Waals surface area contributed by atoms with E-state index in [1.165, 1.54) is 11.8 Å². The van der Waals surface area contributed by atoms with Gasteiger partial charge in [0.15, 0.2) is 0 Å². The average molecular weight is 456 g/mol. The van der Waals surface area contributed by atoms with Crippen LogP contribution in [0.15, 0.2) is 55.3 Å². The van der Waals surface area contributed by atoms with Crippen molar-refractivity contribution in [1.82, 2.24) is 5.43 Å². The zero-order chi connectivity index (χ0) is 16.8. The number of hydrogen-bond acceptors (Lipinski definition) is 3. The van der Waals surface area contributed by atoms with E-state index in [9.17, 15) is 4.79 Å². The van der Waals surface area contributed by atoms with Gasteiger partial charge in [-0.25, -0.2) is 5.43 Å². The summed E-state index contributed by atoms with van der Waals surface area (Å²) in [6, 6.07) is 11.9. The molecule has 1 amide bonds. The summed E-state index contributed by atoms with van der Waals surface area (Å²) in [6.45, 7) is 4.08. The number of rotatable bonds is 5. The normalized spacial score (nSPS) is 11.0. The first-order valence-electron chi connectivity index (χ1n) is 6.92. The topological polar surface area (TPSA) is 41.5 Å². The second kappa shape index (κ2) is 8.66. The zero-order valence-corrected chi connectivity index (χ0v) is 16.8. The van der Waals surface area contributed by atoms with Crippen molar-refractivity contribution in [3.63, 3.8) is 0 Å². The fourth-order valence-electron chi connectivity index (χ4n) is 1.81. The third-order valence-corrected chi connectivity index (χ3v) is 5.63. The summed E-state index contributed by atoms with van der Waals surface area (Å²) < 4.78 is 2.10. The minimum atomic E-state index is -0.122. The van der Waals surface area contributed by atoms with Crippen LogP contribution in [0.25, 0.3) is 0 Å². The van der Waals surface area contributed by atoms with Crippen LogP contribution in [0.2, 0.25) is 0 Å². The highest BCUT2D eigenvalue weighted by molar-refractivity contribution is 9.10. The van der Waals surface area contributed by atoms with Gasteiger partial charge in [-0.15, -0.1) is 11.8 Å². The van der Waals surface area contributed by atoms with E-state index >= 15 is 0 Å². The van der Waals surface area contributed by atoms with Crippen LogP contribution in [0.3, 0.4) is 0 Å². The summed E-state index contributed by atoms with van der Waals surface area (Å²) in [6.07, 6.45) is 1.63. The van der Waals surface area contributed by atoms with E-state index in [-0.39, 0.29) is 5.91 Å². The summed E-state index contributed by atoms with van der Waals surface area (Å²) in [5.74, 6) is 0.211. The van der Waals surface area contributed by atoms with Crippen molar-refractivity contribution < 1.29 is 4.79 Å². The Morgan fingerprint density at radius 1 is 1.17 bits per heavy atom. The Hall–Kier alpha value is -1.11. The first kappa shape index (κ1) is 18.2. The van der Waals surface area contributed by atoms with E-state index in [4.69, 9.17) is 0 Å². The van der Waals surface area contributed by atoms with Crippen molar-refractivity contribution in [3.8, 4) is 0 Å². The molecule has 0 aliphatic rings. The van der Waals surface area contributed by atoms with Crippen LogP contribution in [-0.4, -0.2) is 17.9 Å². The first-order chi connectivity index (χ1) is 11.0. The smallest absolute Gasteiger partial charge is 0.250 e. The quantitative estimate of drug-likeness (QED) is 0.388. The lowest BCUT2D eigenvalue weighted by Gasteiger charge is -2.08. The maximum atomic E-state index is 11.9. The van der Waals surface area contributed by atoms with Gasteiger partial charge in [-0.1, -0.05) is 44.0 Å². The van der Waals surface area contributed by atoms with Crippen molar-refractivity contribution in [3.05, 3.63) is 62.0 Å². The molecule has 0 saturated heterocycles. The Balaban J connectivity index is 1.86. The van der Waals surface area contributed by atoms with E-state index < -0.39 is 0 Å². The lowest BCUT2D eigenvalue weighted by Crippen LogP contribution is -2.19. The largest absolute Gasteiger partial charge is 0.272 e. The van der Waals surface area contributed by atoms with Gasteiger partial charge in [0.25, 0.3) is 0 Å². The van der Waals surface area contributed by atoms with Gasteiger partial charge >= 0.3 is 0 Å². The van der Waals surface area contributed by atoms with Crippen LogP contribution < -0.4 is 5.43 Å². The maximum absolute atomic E-state index is 11.9. The average Bonchev–Trinajstić information content (AvgIpc) is 2.51. The van der Waals surface area contributed by atoms with Crippen molar-refractivity contribution >= 4 is 55.7 Å². The maximum Gasteiger partial charge on any atom is 0.250 e. The first-order valence-corrected chi connectivity index (χ1v) is 9.50. The number of hydrazone groups is 1. The molecule has 0 saturated carbocycles. The summed E-state index contributed by atoms with van der Waals surface area (Å²) in [7, 11) is 0. The molecule has 2 aromatic carbocycles. The molecule has 0 aromatic heterocycles. The van der Waals surface area contributed by atoms with Crippen molar-refractivity contribution in [1.29, 1.82) is 0 Å². The molecule has 0 fully saturated rings. The molecule has 0 radical (unpaired) electrons. The van der Waals surface area contributed by atoms with Crippen LogP contribution in [0.4, 0.5) is 0 Å². The molecule has 0 atom stereocenters. The summed E-state index contributed by atoms with van der Waals surface area (Å²) >= 11 is 8.40. The lowest BCUT2D eigenvalue weighted by atomic mass is 10.2. The van der Waals surface area contributed by atoms with Gasteiger partial charge < -0.3 is 0 Å². The number of aryl methyl sites for hydroxylation is 2. The molecular formula is C17H16Br2N2OS. The van der Waals surface area contributed by atoms with Crippen LogP contribution in [0.1, 0.15) is 16.7 Å². The zero-order valence-electron chi connectivity index (χ0n) is 12.8. The van der Waals surface area contributed by atoms with Gasteiger partial charge in [-0.05, 0) is 54.8 Å². The summed E-state index contributed by atoms with van der Waals surface area (Å²) in [4.78, 5) is 13.0. The van der Waals surface area contributed by atoms with Gasteiger partial charge in [-0.2, -0.15) is 5.10 Å². The number of amides is 1. The molecule has 120 valence electrons. The number of thioether (sulfide) groups is 1. The molecule has 0 heterocycles. The Labute approximate surface area is 157 Å². The highest BCUT2D eigenvalue weighted by atomic mass is 79.9. The standard InChI is InChI=1S/C17H16Br2N2OS/c1-11-8-16(12(2)7-15(11)19)23-10-17(22)21-20-9-13-3-5-14(18)6-4-13/h3-9H,10H2,1-2H3,(H,21,22)/b20-9-. The number of nitrogens with zero attached hydrogens (tertiary/aromatic N) is 1. The highest BCUT2D eigenvalue weighted by Gasteiger charge is 2.06. The van der Waals surface area contributed by atoms with Gasteiger partial charge in [0.2, 0.25) is 5.91 Å². The molecule has 2 rings (SSSR count). The number of benzene rings is 2. The minimum absolute atomic E-state index is 0.122. The predicted octanol–water partition coefficient (Wildman–Crippen LogP) is 5.07. The van der Waals surface area contributed by atoms with Crippen molar-refractivity contribution in [2.24, 2.45) is 5.10 Å². The fraction of sp³-hybridized carbons (Fsp3) is 0.176. The molecule has 6 heteroatoms. The second-order valence-electron chi connectivity index (χ2n) is 5.00. The number of carbonyl (C=O) groups excluding carboxylic acids is 1. The van der Waals surface area contributed by atoms with Crippen molar-refractivity contribution in [2.45, 2.75) is 18.7 Å². The molecule has 3 nitrogen and oxygen atoms in total. The Bertz CT molecular complexity index is 730. The van der Waals surface area contributed by atoms with Crippen molar-refractivity contribution in [2.75, 3.05) is 5.75 Å². The van der Waals surface area contributed by atoms with E-state index in [0.29, 0.717) is 5.75 Å². The fourth-order valence-corrected chi connectivity index (χ4v) is 3.43. The molecular weight excluding hydrogens is 440 g/mol. The van der Waals surface area contributed by atoms with Gasteiger partial charge in [0.05, 0.1) is 12.0 Å². The van der Waals surface area contributed by atoms with E-state index in [1.807, 2.05) is 38.1 Å². The van der Waals surface area contributed by atoms with Gasteiger partial charge in [0.1, 0.15) is 0 Å². The SMILES string of the molecule is Cc1cc(SCC(=O)N/N=C\c2ccc(Br)cc2)c(C)cc1Br. The van der Waals surface area contributed by atoms with E-state index in [1.54, 1.807) is 6.21 Å². The van der Waals surface area contributed by atoms with Crippen LogP contribution in [0.5, 0.6) is 0 Å². The monoisotopic (exact) mass is 454 g/mol. The van der Waals surface area contributed by atoms with Crippen LogP contribution in [-0.2, 0) is 4.79 Å². The molecule has 23 heavy (non-hydrogen) atoms. The minimum Gasteiger partial charge on any atom is -0.272 e. The Kier molecular flexibility index (Phi) is 6.87. The summed E-state index contributed by atoms with van der Waals surface area (Å²) in [5, 5.41) is 3.98. The molecule has 0 aliphatic carbocycles. The summed E-state index contributed by atoms with van der Waals surface area (Å²) in [5.41, 5.74) is 5.79. The van der Waals surface area contributed by atoms with Crippen LogP contribution in [0, 0.1) is 13.8 Å². The molecule has 2 aromatic rings. The Morgan fingerprint density at radius 3 is 2.57 bits per heavy atom. The number of carbonyl (C=O) groups is 1. The third-order valence-electron chi connectivity index (χ3n) is 3.09. The number of nitrogens with one attached hydrogen (secondary N) is 1. The number of halogens is 2. The van der Waals surface area contributed by atoms with Gasteiger partial charge in [-0.3, -0.25) is 4.79 Å². The Morgan fingerprint density at radius 2 is 1.87 bits per heavy atom. The lowest BCUT2D eigenvalue weighted by molar-refractivity contribution is -0.118. The second-order valence-corrected chi connectivity index (χ2v) is 7.79. The van der Waals surface area contributed by atoms with E-state index in [2.05, 4.69) is 54.5 Å². The molecule has 0 bridgehead atoms. The van der Waals surface area contributed by atoms with Crippen LogP contribution >= 0.6 is 43.6 Å². The molecule has 0 aliphatic heterocycles. The number of hydrogen-bond donors (Lipinski definition) is 1. The molecule has 1 N–H and O–H groups in total. The van der Waals surface area contributed by atoms with Gasteiger partial charge in [0, 0.05) is 13.8 Å².